The van der Waals surface area contributed by atoms with Crippen molar-refractivity contribution in [3.8, 4) is 6.07 Å². The Morgan fingerprint density at radius 2 is 2.29 bits per heavy atom. The Labute approximate surface area is 129 Å². The fourth-order valence-corrected chi connectivity index (χ4v) is 2.30. The number of thioether (sulfide) groups is 1. The monoisotopic (exact) mass is 320 g/mol. The number of nitrogens with zero attached hydrogens (tertiary/aromatic N) is 2. The van der Waals surface area contributed by atoms with Crippen molar-refractivity contribution in [1.82, 2.24) is 0 Å². The van der Waals surface area contributed by atoms with E-state index in [2.05, 4.69) is 28.7 Å². The highest BCUT2D eigenvalue weighted by molar-refractivity contribution is 8.17. The van der Waals surface area contributed by atoms with Crippen LogP contribution in [0.2, 0.25) is 0 Å². The standard InChI is InChI=1S/C14H12N2O3S2/c1-3-5-6-7-11(4-2)13(10-15)12-8-9-20-14(12)16-19-21(17)18/h3-9H,1-2H2,(H,17,18)/b6-5-,11-7+,13-12+,16-14-. The Balaban J connectivity index is 3.26. The minimum Gasteiger partial charge on any atom is -0.273 e. The summed E-state index contributed by atoms with van der Waals surface area (Å²) in [6.45, 7) is 7.23. The molecule has 0 amide bonds. The largest absolute Gasteiger partial charge is 0.378 e. The van der Waals surface area contributed by atoms with Crippen LogP contribution in [0.15, 0.2) is 76.9 Å². The molecular formula is C14H12N2O3S2. The molecule has 0 aliphatic carbocycles. The fraction of sp³-hybridized carbons (Fsp3) is 0. The summed E-state index contributed by atoms with van der Waals surface area (Å²) in [5, 5.41) is 14.9. The smallest absolute Gasteiger partial charge is 0.273 e. The maximum Gasteiger partial charge on any atom is 0.378 e. The first-order valence-electron chi connectivity index (χ1n) is 5.60. The highest BCUT2D eigenvalue weighted by atomic mass is 32.2. The number of oxime groups is 1. The van der Waals surface area contributed by atoms with Crippen LogP contribution in [0, 0.1) is 11.3 Å². The predicted octanol–water partition coefficient (Wildman–Crippen LogP) is 3.39. The molecule has 1 heterocycles. The molecule has 1 N–H and O–H groups in total. The zero-order valence-corrected chi connectivity index (χ0v) is 12.6. The third-order valence-electron chi connectivity index (χ3n) is 2.24. The molecule has 1 atom stereocenters. The van der Waals surface area contributed by atoms with Crippen molar-refractivity contribution < 1.29 is 13.0 Å². The summed E-state index contributed by atoms with van der Waals surface area (Å²) in [5.74, 6) is 0. The zero-order valence-electron chi connectivity index (χ0n) is 10.9. The lowest BCUT2D eigenvalue weighted by Gasteiger charge is -2.04. The number of rotatable bonds is 6. The first kappa shape index (κ1) is 16.9. The second-order valence-electron chi connectivity index (χ2n) is 3.46. The molecule has 1 aliphatic rings. The highest BCUT2D eigenvalue weighted by Gasteiger charge is 2.18. The molecule has 108 valence electrons. The minimum absolute atomic E-state index is 0.328. The van der Waals surface area contributed by atoms with Crippen LogP contribution in [0.5, 0.6) is 0 Å². The summed E-state index contributed by atoms with van der Waals surface area (Å²) in [5.41, 5.74) is 1.44. The Kier molecular flexibility index (Phi) is 7.18. The van der Waals surface area contributed by atoms with Crippen molar-refractivity contribution in [2.75, 3.05) is 0 Å². The van der Waals surface area contributed by atoms with E-state index in [9.17, 15) is 9.47 Å². The first-order chi connectivity index (χ1) is 10.1. The molecule has 0 aromatic heterocycles. The Bertz CT molecular complexity index is 650. The van der Waals surface area contributed by atoms with Crippen molar-refractivity contribution in [2.45, 2.75) is 0 Å². The van der Waals surface area contributed by atoms with Gasteiger partial charge in [0.25, 0.3) is 0 Å². The molecule has 0 saturated carbocycles. The van der Waals surface area contributed by atoms with E-state index in [4.69, 9.17) is 4.55 Å². The van der Waals surface area contributed by atoms with Gasteiger partial charge in [-0.3, -0.25) is 8.84 Å². The summed E-state index contributed by atoms with van der Waals surface area (Å²) in [4.78, 5) is 0. The molecule has 0 aromatic rings. The van der Waals surface area contributed by atoms with Crippen molar-refractivity contribution in [3.63, 3.8) is 0 Å². The van der Waals surface area contributed by atoms with E-state index in [-0.39, 0.29) is 0 Å². The van der Waals surface area contributed by atoms with E-state index in [1.807, 2.05) is 0 Å². The Hall–Kier alpha value is -2.14. The van der Waals surface area contributed by atoms with Crippen molar-refractivity contribution in [2.24, 2.45) is 5.16 Å². The van der Waals surface area contributed by atoms with Crippen LogP contribution < -0.4 is 0 Å². The van der Waals surface area contributed by atoms with E-state index in [0.717, 1.165) is 0 Å². The van der Waals surface area contributed by atoms with Crippen LogP contribution in [-0.2, 0) is 15.6 Å². The number of hydrogen-bond acceptors (Lipinski definition) is 5. The lowest BCUT2D eigenvalue weighted by Crippen LogP contribution is -1.99. The van der Waals surface area contributed by atoms with Gasteiger partial charge in [0.1, 0.15) is 11.1 Å². The van der Waals surface area contributed by atoms with Crippen LogP contribution in [0.3, 0.4) is 0 Å². The van der Waals surface area contributed by atoms with Gasteiger partial charge in [-0.2, -0.15) is 9.47 Å². The summed E-state index contributed by atoms with van der Waals surface area (Å²) < 4.78 is 23.4. The summed E-state index contributed by atoms with van der Waals surface area (Å²) >= 11 is -1.31. The van der Waals surface area contributed by atoms with Crippen molar-refractivity contribution in [1.29, 1.82) is 5.26 Å². The molecule has 0 bridgehead atoms. The molecule has 0 saturated heterocycles. The van der Waals surface area contributed by atoms with Gasteiger partial charge in [0.05, 0.1) is 5.57 Å². The van der Waals surface area contributed by atoms with Gasteiger partial charge in [0.15, 0.2) is 0 Å². The van der Waals surface area contributed by atoms with Gasteiger partial charge in [0.2, 0.25) is 0 Å². The molecular weight excluding hydrogens is 308 g/mol. The maximum atomic E-state index is 10.5. The number of nitriles is 1. The van der Waals surface area contributed by atoms with E-state index in [0.29, 0.717) is 21.8 Å². The fourth-order valence-electron chi connectivity index (χ4n) is 1.40. The molecule has 1 unspecified atom stereocenters. The van der Waals surface area contributed by atoms with Crippen LogP contribution in [0.25, 0.3) is 0 Å². The molecule has 7 heteroatoms. The zero-order chi connectivity index (χ0) is 15.7. The molecule has 0 fully saturated rings. The Morgan fingerprint density at radius 3 is 2.86 bits per heavy atom. The molecule has 1 rings (SSSR count). The van der Waals surface area contributed by atoms with E-state index in [1.54, 1.807) is 41.9 Å². The van der Waals surface area contributed by atoms with Crippen molar-refractivity contribution in [3.05, 3.63) is 71.7 Å². The van der Waals surface area contributed by atoms with Gasteiger partial charge >= 0.3 is 11.4 Å². The van der Waals surface area contributed by atoms with Gasteiger partial charge in [0, 0.05) is 5.57 Å². The third-order valence-corrected chi connectivity index (χ3v) is 3.23. The van der Waals surface area contributed by atoms with Crippen LogP contribution in [-0.4, -0.2) is 13.8 Å². The van der Waals surface area contributed by atoms with Crippen LogP contribution >= 0.6 is 11.8 Å². The summed E-state index contributed by atoms with van der Waals surface area (Å²) in [6, 6.07) is 2.08. The van der Waals surface area contributed by atoms with E-state index < -0.39 is 11.4 Å². The quantitative estimate of drug-likeness (QED) is 0.351. The maximum absolute atomic E-state index is 10.5. The topological polar surface area (TPSA) is 82.7 Å². The van der Waals surface area contributed by atoms with Crippen LogP contribution in [0.1, 0.15) is 0 Å². The third kappa shape index (κ3) is 5.04. The number of hydrogen-bond donors (Lipinski definition) is 1. The average molecular weight is 320 g/mol. The summed E-state index contributed by atoms with van der Waals surface area (Å²) in [7, 11) is 0. The first-order valence-corrected chi connectivity index (χ1v) is 7.51. The molecule has 0 spiro atoms. The average Bonchev–Trinajstić information content (AvgIpc) is 2.92. The number of allylic oxidation sites excluding steroid dienone is 8. The second kappa shape index (κ2) is 8.92. The van der Waals surface area contributed by atoms with Crippen molar-refractivity contribution >= 4 is 28.2 Å². The SMILES string of the molecule is C=C\C=C/C=C(C=C)/C(C#N)=C1\C=CS\C1=N/OS(=O)O. The lowest BCUT2D eigenvalue weighted by atomic mass is 10.0. The minimum atomic E-state index is -2.50. The van der Waals surface area contributed by atoms with Gasteiger partial charge in [-0.05, 0) is 17.1 Å². The molecule has 21 heavy (non-hydrogen) atoms. The molecule has 0 radical (unpaired) electrons. The lowest BCUT2D eigenvalue weighted by molar-refractivity contribution is 0.327. The van der Waals surface area contributed by atoms with Gasteiger partial charge in [-0.1, -0.05) is 60.5 Å². The van der Waals surface area contributed by atoms with Crippen LogP contribution in [0.4, 0.5) is 0 Å². The Morgan fingerprint density at radius 1 is 1.52 bits per heavy atom. The molecule has 0 aromatic carbocycles. The van der Waals surface area contributed by atoms with Gasteiger partial charge in [-0.15, -0.1) is 0 Å². The normalized spacial score (nSPS) is 20.4. The van der Waals surface area contributed by atoms with E-state index in [1.165, 1.54) is 11.8 Å². The predicted molar refractivity (Wildman–Crippen MR) is 86.3 cm³/mol. The molecule has 5 nitrogen and oxygen atoms in total. The van der Waals surface area contributed by atoms with Gasteiger partial charge in [-0.25, -0.2) is 0 Å². The molecule has 1 aliphatic heterocycles. The van der Waals surface area contributed by atoms with Gasteiger partial charge < -0.3 is 0 Å². The van der Waals surface area contributed by atoms with E-state index >= 15 is 0 Å². The highest BCUT2D eigenvalue weighted by Crippen LogP contribution is 2.29. The second-order valence-corrected chi connectivity index (χ2v) is 4.93. The summed E-state index contributed by atoms with van der Waals surface area (Å²) in [6.07, 6.45) is 9.98.